The molecule has 2 atom stereocenters. The van der Waals surface area contributed by atoms with Crippen LogP contribution in [0.1, 0.15) is 32.6 Å². The molecule has 1 N–H and O–H groups in total. The molecule has 3 rings (SSSR count). The number of hydrogen-bond donors (Lipinski definition) is 1. The number of piperidine rings is 1. The fourth-order valence-electron chi connectivity index (χ4n) is 3.93. The molecule has 0 radical (unpaired) electrons. The molecule has 1 aromatic carbocycles. The Kier molecular flexibility index (Phi) is 6.45. The lowest BCUT2D eigenvalue weighted by Gasteiger charge is -2.36. The zero-order valence-electron chi connectivity index (χ0n) is 14.1. The fourth-order valence-corrected chi connectivity index (χ4v) is 3.93. The van der Waals surface area contributed by atoms with Crippen LogP contribution in [0, 0.1) is 0 Å². The number of fused-ring (bicyclic) bond motifs is 2. The summed E-state index contributed by atoms with van der Waals surface area (Å²) in [6.07, 6.45) is 4.96. The van der Waals surface area contributed by atoms with Crippen LogP contribution in [0.15, 0.2) is 30.3 Å². The van der Waals surface area contributed by atoms with Gasteiger partial charge in [0.15, 0.2) is 0 Å². The van der Waals surface area contributed by atoms with Gasteiger partial charge in [0, 0.05) is 30.4 Å². The number of carbonyl (C=O) groups excluding carboxylic acids is 1. The lowest BCUT2D eigenvalue weighted by Crippen LogP contribution is -2.49. The molecule has 2 aliphatic rings. The third-order valence-corrected chi connectivity index (χ3v) is 5.14. The molecule has 2 bridgehead atoms. The van der Waals surface area contributed by atoms with Crippen molar-refractivity contribution in [2.45, 2.75) is 50.7 Å². The number of benzene rings is 1. The van der Waals surface area contributed by atoms with Crippen LogP contribution < -0.4 is 10.2 Å². The molecule has 2 saturated heterocycles. The van der Waals surface area contributed by atoms with Crippen molar-refractivity contribution in [1.29, 1.82) is 0 Å². The van der Waals surface area contributed by atoms with E-state index in [4.69, 9.17) is 0 Å². The molecule has 1 aromatic rings. The highest BCUT2D eigenvalue weighted by molar-refractivity contribution is 5.94. The van der Waals surface area contributed by atoms with Gasteiger partial charge in [-0.3, -0.25) is 9.69 Å². The molecular weight excluding hydrogens is 310 g/mol. The molecule has 0 aliphatic carbocycles. The second kappa shape index (κ2) is 8.13. The summed E-state index contributed by atoms with van der Waals surface area (Å²) in [7, 11) is 2.10. The average molecular weight is 338 g/mol. The van der Waals surface area contributed by atoms with Gasteiger partial charge in [0.2, 0.25) is 5.91 Å². The first-order valence-corrected chi connectivity index (χ1v) is 8.49. The molecule has 5 heteroatoms. The quantitative estimate of drug-likeness (QED) is 0.897. The van der Waals surface area contributed by atoms with Crippen LogP contribution in [0.3, 0.4) is 0 Å². The number of carbonyl (C=O) groups is 1. The standard InChI is InChI=1S/C18H27N3O.ClH/c1-3-21(16-7-5-4-6-8-16)18(22)13-20(2)17-11-14-9-10-15(12-17)19-14;/h4-8,14-15,17,19H,3,9-13H2,1-2H3;1H. The minimum atomic E-state index is 0. The predicted octanol–water partition coefficient (Wildman–Crippen LogP) is 2.68. The van der Waals surface area contributed by atoms with Gasteiger partial charge in [0.1, 0.15) is 0 Å². The molecule has 4 nitrogen and oxygen atoms in total. The van der Waals surface area contributed by atoms with Crippen molar-refractivity contribution < 1.29 is 4.79 Å². The summed E-state index contributed by atoms with van der Waals surface area (Å²) < 4.78 is 0. The van der Waals surface area contributed by atoms with Gasteiger partial charge >= 0.3 is 0 Å². The second-order valence-corrected chi connectivity index (χ2v) is 6.65. The Hall–Kier alpha value is -1.10. The van der Waals surface area contributed by atoms with Crippen LogP contribution in [-0.2, 0) is 4.79 Å². The van der Waals surface area contributed by atoms with E-state index >= 15 is 0 Å². The number of amides is 1. The number of likely N-dealkylation sites (N-methyl/N-ethyl adjacent to an activating group) is 2. The van der Waals surface area contributed by atoms with E-state index in [1.807, 2.05) is 42.2 Å². The highest BCUT2D eigenvalue weighted by atomic mass is 35.5. The van der Waals surface area contributed by atoms with Gasteiger partial charge in [-0.25, -0.2) is 0 Å². The van der Waals surface area contributed by atoms with Gasteiger partial charge in [-0.1, -0.05) is 18.2 Å². The third-order valence-electron chi connectivity index (χ3n) is 5.14. The molecule has 1 amide bonds. The van der Waals surface area contributed by atoms with Crippen LogP contribution in [0.4, 0.5) is 5.69 Å². The van der Waals surface area contributed by atoms with E-state index in [0.29, 0.717) is 31.2 Å². The van der Waals surface area contributed by atoms with Crippen molar-refractivity contribution in [3.05, 3.63) is 30.3 Å². The predicted molar refractivity (Wildman–Crippen MR) is 97.3 cm³/mol. The normalized spacial score (nSPS) is 26.0. The van der Waals surface area contributed by atoms with E-state index < -0.39 is 0 Å². The van der Waals surface area contributed by atoms with Crippen LogP contribution in [0.5, 0.6) is 0 Å². The van der Waals surface area contributed by atoms with Gasteiger partial charge in [-0.2, -0.15) is 0 Å². The summed E-state index contributed by atoms with van der Waals surface area (Å²) >= 11 is 0. The summed E-state index contributed by atoms with van der Waals surface area (Å²) in [6.45, 7) is 3.26. The SMILES string of the molecule is CCN(C(=O)CN(C)C1CC2CCC(C1)N2)c1ccccc1.Cl. The molecule has 128 valence electrons. The molecule has 0 spiro atoms. The number of halogens is 1. The van der Waals surface area contributed by atoms with E-state index in [-0.39, 0.29) is 18.3 Å². The fraction of sp³-hybridized carbons (Fsp3) is 0.611. The van der Waals surface area contributed by atoms with E-state index in [2.05, 4.69) is 17.3 Å². The molecule has 2 unspecified atom stereocenters. The Morgan fingerprint density at radius 2 is 1.78 bits per heavy atom. The average Bonchev–Trinajstić information content (AvgIpc) is 2.87. The highest BCUT2D eigenvalue weighted by Gasteiger charge is 2.35. The Morgan fingerprint density at radius 3 is 2.35 bits per heavy atom. The van der Waals surface area contributed by atoms with Crippen molar-refractivity contribution in [1.82, 2.24) is 10.2 Å². The summed E-state index contributed by atoms with van der Waals surface area (Å²) in [5.41, 5.74) is 0.994. The molecule has 0 saturated carbocycles. The number of rotatable bonds is 5. The minimum absolute atomic E-state index is 0. The van der Waals surface area contributed by atoms with Crippen LogP contribution in [0.25, 0.3) is 0 Å². The number of nitrogens with zero attached hydrogens (tertiary/aromatic N) is 2. The Labute approximate surface area is 145 Å². The van der Waals surface area contributed by atoms with Crippen molar-refractivity contribution in [2.75, 3.05) is 25.0 Å². The molecule has 2 fully saturated rings. The lowest BCUT2D eigenvalue weighted by atomic mass is 9.98. The molecule has 2 heterocycles. The third kappa shape index (κ3) is 4.25. The van der Waals surface area contributed by atoms with Gasteiger partial charge in [-0.05, 0) is 51.8 Å². The maximum absolute atomic E-state index is 12.7. The second-order valence-electron chi connectivity index (χ2n) is 6.65. The Bertz CT molecular complexity index is 498. The largest absolute Gasteiger partial charge is 0.312 e. The maximum Gasteiger partial charge on any atom is 0.241 e. The van der Waals surface area contributed by atoms with Gasteiger partial charge in [0.25, 0.3) is 0 Å². The Morgan fingerprint density at radius 1 is 1.17 bits per heavy atom. The first-order valence-electron chi connectivity index (χ1n) is 8.49. The molecule has 23 heavy (non-hydrogen) atoms. The van der Waals surface area contributed by atoms with E-state index in [1.54, 1.807) is 0 Å². The summed E-state index contributed by atoms with van der Waals surface area (Å²) in [4.78, 5) is 16.8. The summed E-state index contributed by atoms with van der Waals surface area (Å²) in [6, 6.07) is 11.8. The van der Waals surface area contributed by atoms with Crippen LogP contribution >= 0.6 is 12.4 Å². The Balaban J connectivity index is 0.00000192. The molecular formula is C18H28ClN3O. The highest BCUT2D eigenvalue weighted by Crippen LogP contribution is 2.29. The van der Waals surface area contributed by atoms with Crippen molar-refractivity contribution in [3.63, 3.8) is 0 Å². The number of nitrogens with one attached hydrogen (secondary N) is 1. The van der Waals surface area contributed by atoms with Gasteiger partial charge in [0.05, 0.1) is 6.54 Å². The van der Waals surface area contributed by atoms with Crippen molar-refractivity contribution in [3.8, 4) is 0 Å². The van der Waals surface area contributed by atoms with E-state index in [9.17, 15) is 4.79 Å². The van der Waals surface area contributed by atoms with Gasteiger partial charge < -0.3 is 10.2 Å². The smallest absolute Gasteiger partial charge is 0.241 e. The number of para-hydroxylation sites is 1. The topological polar surface area (TPSA) is 35.6 Å². The van der Waals surface area contributed by atoms with Crippen LogP contribution in [0.2, 0.25) is 0 Å². The number of hydrogen-bond acceptors (Lipinski definition) is 3. The summed E-state index contributed by atoms with van der Waals surface area (Å²) in [5, 5.41) is 3.67. The maximum atomic E-state index is 12.7. The molecule has 0 aromatic heterocycles. The minimum Gasteiger partial charge on any atom is -0.312 e. The van der Waals surface area contributed by atoms with Crippen molar-refractivity contribution >= 4 is 24.0 Å². The van der Waals surface area contributed by atoms with Crippen LogP contribution in [-0.4, -0.2) is 49.1 Å². The first-order chi connectivity index (χ1) is 10.7. The lowest BCUT2D eigenvalue weighted by molar-refractivity contribution is -0.120. The monoisotopic (exact) mass is 337 g/mol. The van der Waals surface area contributed by atoms with Crippen molar-refractivity contribution in [2.24, 2.45) is 0 Å². The van der Waals surface area contributed by atoms with E-state index in [1.165, 1.54) is 25.7 Å². The van der Waals surface area contributed by atoms with E-state index in [0.717, 1.165) is 5.69 Å². The zero-order chi connectivity index (χ0) is 15.5. The van der Waals surface area contributed by atoms with Gasteiger partial charge in [-0.15, -0.1) is 12.4 Å². The first kappa shape index (κ1) is 18.2. The molecule has 2 aliphatic heterocycles. The zero-order valence-corrected chi connectivity index (χ0v) is 14.9. The number of anilines is 1. The summed E-state index contributed by atoms with van der Waals surface area (Å²) in [5.74, 6) is 0.196.